The van der Waals surface area contributed by atoms with Crippen LogP contribution in [0.15, 0.2) is 142 Å². The van der Waals surface area contributed by atoms with E-state index in [0.717, 1.165) is 58.6 Å². The molecule has 0 radical (unpaired) electrons. The second-order valence-electron chi connectivity index (χ2n) is 11.7. The summed E-state index contributed by atoms with van der Waals surface area (Å²) in [6.45, 7) is 2.09. The van der Waals surface area contributed by atoms with Crippen molar-refractivity contribution in [3.05, 3.63) is 148 Å². The summed E-state index contributed by atoms with van der Waals surface area (Å²) in [5.41, 5.74) is 8.55. The van der Waals surface area contributed by atoms with Crippen LogP contribution in [0.5, 0.6) is 0 Å². The van der Waals surface area contributed by atoms with Crippen molar-refractivity contribution >= 4 is 75.5 Å². The first-order valence-corrected chi connectivity index (χ1v) is 16.9. The summed E-state index contributed by atoms with van der Waals surface area (Å²) in [5.74, 6) is 1.83. The number of halogens is 2. The zero-order chi connectivity index (χ0) is 31.6. The van der Waals surface area contributed by atoms with Gasteiger partial charge in [-0.05, 0) is 67.6 Å². The van der Waals surface area contributed by atoms with E-state index < -0.39 is 0 Å². The minimum Gasteiger partial charge on any atom is -0.309 e. The Kier molecular flexibility index (Phi) is 6.59. The van der Waals surface area contributed by atoms with Gasteiger partial charge in [-0.25, -0.2) is 4.98 Å². The Morgan fingerprint density at radius 1 is 0.447 bits per heavy atom. The first-order chi connectivity index (χ1) is 23.0. The first kappa shape index (κ1) is 28.1. The quantitative estimate of drug-likeness (QED) is 0.181. The fourth-order valence-electron chi connectivity index (χ4n) is 6.54. The lowest BCUT2D eigenvalue weighted by atomic mass is 10.1. The molecule has 0 saturated carbocycles. The summed E-state index contributed by atoms with van der Waals surface area (Å²) in [7, 11) is 0. The molecule has 0 aliphatic heterocycles. The standard InChI is InChI=1S/C40H25Br2N5/c1-24-10-12-25(13-11-24)38-43-39(26-14-16-27(41)17-15-26)45-40(44-38)47-35-9-5-3-7-31(35)33-22-36-32(23-37(33)47)30-6-2-4-8-34(30)46(36)29-20-18-28(42)19-21-29/h2-23H,1H3. The van der Waals surface area contributed by atoms with E-state index in [4.69, 9.17) is 15.0 Å². The molecule has 7 heteroatoms. The van der Waals surface area contributed by atoms with Crippen molar-refractivity contribution in [3.8, 4) is 34.4 Å². The lowest BCUT2D eigenvalue weighted by Crippen LogP contribution is -2.06. The van der Waals surface area contributed by atoms with E-state index in [1.807, 2.05) is 24.3 Å². The maximum Gasteiger partial charge on any atom is 0.238 e. The summed E-state index contributed by atoms with van der Waals surface area (Å²) in [6, 6.07) is 46.7. The largest absolute Gasteiger partial charge is 0.309 e. The molecule has 5 nitrogen and oxygen atoms in total. The van der Waals surface area contributed by atoms with E-state index in [9.17, 15) is 0 Å². The minimum absolute atomic E-state index is 0.579. The molecule has 6 aromatic carbocycles. The van der Waals surface area contributed by atoms with Crippen LogP contribution in [-0.2, 0) is 0 Å². The minimum atomic E-state index is 0.579. The van der Waals surface area contributed by atoms with Crippen LogP contribution < -0.4 is 0 Å². The summed E-state index contributed by atoms with van der Waals surface area (Å²) in [5, 5.41) is 4.63. The molecule has 0 fully saturated rings. The van der Waals surface area contributed by atoms with E-state index in [-0.39, 0.29) is 0 Å². The molecule has 9 rings (SSSR count). The molecule has 0 amide bonds. The van der Waals surface area contributed by atoms with Gasteiger partial charge in [0.2, 0.25) is 5.95 Å². The lowest BCUT2D eigenvalue weighted by Gasteiger charge is -2.11. The topological polar surface area (TPSA) is 48.5 Å². The van der Waals surface area contributed by atoms with Gasteiger partial charge in [-0.2, -0.15) is 9.97 Å². The zero-order valence-electron chi connectivity index (χ0n) is 25.2. The lowest BCUT2D eigenvalue weighted by molar-refractivity contribution is 0.953. The molecule has 0 bridgehead atoms. The van der Waals surface area contributed by atoms with Gasteiger partial charge >= 0.3 is 0 Å². The Bertz CT molecular complexity index is 2570. The average Bonchev–Trinajstić information content (AvgIpc) is 3.60. The fourth-order valence-corrected chi connectivity index (χ4v) is 7.07. The Morgan fingerprint density at radius 2 is 0.915 bits per heavy atom. The van der Waals surface area contributed by atoms with E-state index in [0.29, 0.717) is 17.6 Å². The molecular weight excluding hydrogens is 710 g/mol. The third kappa shape index (κ3) is 4.69. The molecule has 0 N–H and O–H groups in total. The Morgan fingerprint density at radius 3 is 1.49 bits per heavy atom. The molecule has 0 aliphatic carbocycles. The molecule has 3 aromatic heterocycles. The molecule has 3 heterocycles. The third-order valence-electron chi connectivity index (χ3n) is 8.79. The Labute approximate surface area is 287 Å². The summed E-state index contributed by atoms with van der Waals surface area (Å²) < 4.78 is 6.60. The van der Waals surface area contributed by atoms with Crippen molar-refractivity contribution in [1.29, 1.82) is 0 Å². The van der Waals surface area contributed by atoms with Crippen LogP contribution in [0.2, 0.25) is 0 Å². The Balaban J connectivity index is 1.37. The van der Waals surface area contributed by atoms with Crippen molar-refractivity contribution in [2.45, 2.75) is 6.92 Å². The van der Waals surface area contributed by atoms with Crippen LogP contribution in [-0.4, -0.2) is 24.1 Å². The number of fused-ring (bicyclic) bond motifs is 6. The van der Waals surface area contributed by atoms with Gasteiger partial charge in [0.05, 0.1) is 22.1 Å². The average molecular weight is 735 g/mol. The van der Waals surface area contributed by atoms with E-state index in [2.05, 4.69) is 157 Å². The van der Waals surface area contributed by atoms with Crippen LogP contribution >= 0.6 is 31.9 Å². The second-order valence-corrected chi connectivity index (χ2v) is 13.6. The molecule has 0 aliphatic rings. The Hall–Kier alpha value is -5.11. The van der Waals surface area contributed by atoms with Crippen LogP contribution in [0.1, 0.15) is 5.56 Å². The number of rotatable bonds is 4. The number of nitrogens with zero attached hydrogens (tertiary/aromatic N) is 5. The molecule has 9 aromatic rings. The third-order valence-corrected chi connectivity index (χ3v) is 9.84. The van der Waals surface area contributed by atoms with E-state index >= 15 is 0 Å². The van der Waals surface area contributed by atoms with Crippen LogP contribution in [0, 0.1) is 6.92 Å². The predicted molar refractivity (Wildman–Crippen MR) is 200 cm³/mol. The van der Waals surface area contributed by atoms with Gasteiger partial charge in [0.25, 0.3) is 0 Å². The molecular formula is C40H25Br2N5. The fraction of sp³-hybridized carbons (Fsp3) is 0.0250. The molecule has 0 saturated heterocycles. The van der Waals surface area contributed by atoms with Gasteiger partial charge in [-0.1, -0.05) is 110 Å². The highest BCUT2D eigenvalue weighted by molar-refractivity contribution is 9.10. The molecule has 0 unspecified atom stereocenters. The number of benzene rings is 6. The molecule has 224 valence electrons. The van der Waals surface area contributed by atoms with Gasteiger partial charge in [0, 0.05) is 47.3 Å². The first-order valence-electron chi connectivity index (χ1n) is 15.3. The van der Waals surface area contributed by atoms with Crippen molar-refractivity contribution < 1.29 is 0 Å². The molecule has 0 atom stereocenters. The number of aryl methyl sites for hydroxylation is 1. The van der Waals surface area contributed by atoms with Crippen molar-refractivity contribution in [2.24, 2.45) is 0 Å². The van der Waals surface area contributed by atoms with Crippen LogP contribution in [0.4, 0.5) is 0 Å². The van der Waals surface area contributed by atoms with Gasteiger partial charge in [-0.15, -0.1) is 0 Å². The van der Waals surface area contributed by atoms with Crippen molar-refractivity contribution in [1.82, 2.24) is 24.1 Å². The van der Waals surface area contributed by atoms with Crippen LogP contribution in [0.3, 0.4) is 0 Å². The van der Waals surface area contributed by atoms with Crippen LogP contribution in [0.25, 0.3) is 78.0 Å². The summed E-state index contributed by atoms with van der Waals surface area (Å²) >= 11 is 7.18. The zero-order valence-corrected chi connectivity index (χ0v) is 28.4. The highest BCUT2D eigenvalue weighted by Crippen LogP contribution is 2.39. The van der Waals surface area contributed by atoms with E-state index in [1.165, 1.54) is 16.3 Å². The number of hydrogen-bond donors (Lipinski definition) is 0. The van der Waals surface area contributed by atoms with E-state index in [1.54, 1.807) is 0 Å². The maximum atomic E-state index is 5.14. The van der Waals surface area contributed by atoms with Gasteiger partial charge in [-0.3, -0.25) is 4.57 Å². The number of hydrogen-bond acceptors (Lipinski definition) is 3. The second kappa shape index (κ2) is 11.0. The number of para-hydroxylation sites is 2. The maximum absolute atomic E-state index is 5.14. The highest BCUT2D eigenvalue weighted by Gasteiger charge is 2.21. The van der Waals surface area contributed by atoms with Crippen molar-refractivity contribution in [2.75, 3.05) is 0 Å². The highest BCUT2D eigenvalue weighted by atomic mass is 79.9. The molecule has 0 spiro atoms. The van der Waals surface area contributed by atoms with Crippen molar-refractivity contribution in [3.63, 3.8) is 0 Å². The molecule has 47 heavy (non-hydrogen) atoms. The van der Waals surface area contributed by atoms with Gasteiger partial charge in [0.15, 0.2) is 11.6 Å². The van der Waals surface area contributed by atoms with Gasteiger partial charge in [0.1, 0.15) is 0 Å². The normalized spacial score (nSPS) is 11.7. The van der Waals surface area contributed by atoms with Gasteiger partial charge < -0.3 is 4.57 Å². The summed E-state index contributed by atoms with van der Waals surface area (Å²) in [6.07, 6.45) is 0. The smallest absolute Gasteiger partial charge is 0.238 e. The SMILES string of the molecule is Cc1ccc(-c2nc(-c3ccc(Br)cc3)nc(-n3c4ccccc4c4cc5c(cc43)c3ccccc3n5-c3ccc(Br)cc3)n2)cc1. The summed E-state index contributed by atoms with van der Waals surface area (Å²) in [4.78, 5) is 15.3. The number of aromatic nitrogens is 5. The predicted octanol–water partition coefficient (Wildman–Crippen LogP) is 11.2. The monoisotopic (exact) mass is 733 g/mol.